The normalized spacial score (nSPS) is 12.4. The molecule has 0 aliphatic carbocycles. The molecule has 4 aromatic rings. The van der Waals surface area contributed by atoms with E-state index in [0.29, 0.717) is 11.6 Å². The highest BCUT2D eigenvalue weighted by atomic mass is 32.2. The van der Waals surface area contributed by atoms with E-state index in [2.05, 4.69) is 48.4 Å². The first kappa shape index (κ1) is 20.3. The number of carbonyl (C=O) groups is 1. The minimum Gasteiger partial charge on any atom is -0.323 e. The lowest BCUT2D eigenvalue weighted by molar-refractivity contribution is -0.115. The van der Waals surface area contributed by atoms with Gasteiger partial charge in [0.25, 0.3) is 0 Å². The Hall–Kier alpha value is -2.93. The molecule has 0 fully saturated rings. The molecule has 1 N–H and O–H groups in total. The van der Waals surface area contributed by atoms with Crippen molar-refractivity contribution >= 4 is 39.9 Å². The van der Waals surface area contributed by atoms with E-state index in [0.717, 1.165) is 27.7 Å². The molecule has 0 spiro atoms. The number of halogens is 1. The molecule has 2 aromatic carbocycles. The van der Waals surface area contributed by atoms with Crippen molar-refractivity contribution in [3.05, 3.63) is 65.0 Å². The predicted octanol–water partition coefficient (Wildman–Crippen LogP) is 5.46. The Bertz CT molecular complexity index is 1270. The number of aryl methyl sites for hydroxylation is 3. The second kappa shape index (κ2) is 8.07. The Labute approximate surface area is 178 Å². The third kappa shape index (κ3) is 3.65. The Kier molecular flexibility index (Phi) is 5.47. The van der Waals surface area contributed by atoms with Crippen molar-refractivity contribution in [1.29, 1.82) is 0 Å². The number of fused-ring (bicyclic) bond motifs is 3. The van der Waals surface area contributed by atoms with Crippen LogP contribution in [-0.2, 0) is 4.79 Å². The SMILES string of the molecule is CCC(Sc1nnc2cc(C)c3cc(C)cc(C)c3n12)C(=O)Nc1ccccc1F. The fraction of sp³-hybridized carbons (Fsp3) is 0.261. The van der Waals surface area contributed by atoms with E-state index in [1.807, 2.05) is 17.4 Å². The number of nitrogens with zero attached hydrogens (tertiary/aromatic N) is 3. The van der Waals surface area contributed by atoms with E-state index in [1.165, 1.54) is 23.4 Å². The lowest BCUT2D eigenvalue weighted by atomic mass is 10.0. The highest BCUT2D eigenvalue weighted by Gasteiger charge is 2.23. The van der Waals surface area contributed by atoms with Crippen molar-refractivity contribution in [2.75, 3.05) is 5.32 Å². The maximum atomic E-state index is 13.9. The number of hydrogen-bond acceptors (Lipinski definition) is 4. The number of amides is 1. The number of nitrogens with one attached hydrogen (secondary N) is 1. The summed E-state index contributed by atoms with van der Waals surface area (Å²) in [4.78, 5) is 12.8. The van der Waals surface area contributed by atoms with Gasteiger partial charge in [-0.15, -0.1) is 10.2 Å². The Morgan fingerprint density at radius 1 is 1.13 bits per heavy atom. The van der Waals surface area contributed by atoms with Gasteiger partial charge in [0.1, 0.15) is 5.82 Å². The molecule has 2 aromatic heterocycles. The summed E-state index contributed by atoms with van der Waals surface area (Å²) in [5.41, 5.74) is 5.44. The molecule has 154 valence electrons. The summed E-state index contributed by atoms with van der Waals surface area (Å²) in [5.74, 6) is -0.709. The average molecular weight is 423 g/mol. The zero-order chi connectivity index (χ0) is 21.4. The van der Waals surface area contributed by atoms with Crippen molar-refractivity contribution in [3.63, 3.8) is 0 Å². The van der Waals surface area contributed by atoms with Gasteiger partial charge in [-0.25, -0.2) is 4.39 Å². The Morgan fingerprint density at radius 3 is 2.63 bits per heavy atom. The zero-order valence-corrected chi connectivity index (χ0v) is 18.2. The molecular weight excluding hydrogens is 399 g/mol. The van der Waals surface area contributed by atoms with Crippen LogP contribution in [0.1, 0.15) is 30.0 Å². The number of anilines is 1. The standard InChI is InChI=1S/C23H23FN4OS/c1-5-19(22(29)25-18-9-7-6-8-17(18)24)30-23-27-26-20-12-14(3)16-11-13(2)10-15(4)21(16)28(20)23/h6-12,19H,5H2,1-4H3,(H,25,29). The molecule has 0 saturated heterocycles. The number of benzene rings is 2. The molecule has 4 rings (SSSR count). The molecule has 1 atom stereocenters. The van der Waals surface area contributed by atoms with Crippen molar-refractivity contribution in [1.82, 2.24) is 14.6 Å². The van der Waals surface area contributed by atoms with Gasteiger partial charge in [-0.05, 0) is 62.6 Å². The van der Waals surface area contributed by atoms with Gasteiger partial charge in [0.15, 0.2) is 10.8 Å². The number of thioether (sulfide) groups is 1. The van der Waals surface area contributed by atoms with Crippen LogP contribution in [0.2, 0.25) is 0 Å². The van der Waals surface area contributed by atoms with Crippen LogP contribution in [0.15, 0.2) is 47.6 Å². The molecule has 1 unspecified atom stereocenters. The molecule has 2 heterocycles. The fourth-order valence-electron chi connectivity index (χ4n) is 3.72. The molecule has 0 radical (unpaired) electrons. The molecule has 0 saturated carbocycles. The third-order valence-electron chi connectivity index (χ3n) is 5.14. The highest BCUT2D eigenvalue weighted by molar-refractivity contribution is 8.00. The van der Waals surface area contributed by atoms with Gasteiger partial charge in [0.05, 0.1) is 16.5 Å². The van der Waals surface area contributed by atoms with Gasteiger partial charge in [-0.2, -0.15) is 0 Å². The molecular formula is C23H23FN4OS. The quantitative estimate of drug-likeness (QED) is 0.434. The second-order valence-corrected chi connectivity index (χ2v) is 8.64. The number of aromatic nitrogens is 3. The number of para-hydroxylation sites is 1. The zero-order valence-electron chi connectivity index (χ0n) is 17.4. The van der Waals surface area contributed by atoms with Crippen molar-refractivity contribution in [2.45, 2.75) is 44.5 Å². The lowest BCUT2D eigenvalue weighted by Crippen LogP contribution is -2.25. The minimum atomic E-state index is -0.453. The first-order valence-electron chi connectivity index (χ1n) is 9.86. The van der Waals surface area contributed by atoms with Gasteiger partial charge in [-0.3, -0.25) is 9.20 Å². The average Bonchev–Trinajstić information content (AvgIpc) is 3.09. The van der Waals surface area contributed by atoms with Gasteiger partial charge >= 0.3 is 0 Å². The molecule has 0 aliphatic heterocycles. The van der Waals surface area contributed by atoms with Crippen LogP contribution in [0, 0.1) is 26.6 Å². The Balaban J connectivity index is 1.73. The van der Waals surface area contributed by atoms with E-state index >= 15 is 0 Å². The first-order valence-corrected chi connectivity index (χ1v) is 10.7. The topological polar surface area (TPSA) is 59.3 Å². The summed E-state index contributed by atoms with van der Waals surface area (Å²) < 4.78 is 16.0. The van der Waals surface area contributed by atoms with Gasteiger partial charge in [0.2, 0.25) is 5.91 Å². The minimum absolute atomic E-state index is 0.181. The summed E-state index contributed by atoms with van der Waals surface area (Å²) in [6.45, 7) is 8.15. The van der Waals surface area contributed by atoms with E-state index in [1.54, 1.807) is 18.2 Å². The monoisotopic (exact) mass is 422 g/mol. The maximum absolute atomic E-state index is 13.9. The molecule has 0 bridgehead atoms. The molecule has 30 heavy (non-hydrogen) atoms. The summed E-state index contributed by atoms with van der Waals surface area (Å²) in [6, 6.07) is 12.5. The largest absolute Gasteiger partial charge is 0.323 e. The smallest absolute Gasteiger partial charge is 0.238 e. The molecule has 1 amide bonds. The third-order valence-corrected chi connectivity index (χ3v) is 6.45. The number of carbonyl (C=O) groups excluding carboxylic acids is 1. The van der Waals surface area contributed by atoms with Crippen LogP contribution in [0.3, 0.4) is 0 Å². The predicted molar refractivity (Wildman–Crippen MR) is 120 cm³/mol. The second-order valence-electron chi connectivity index (χ2n) is 7.47. The van der Waals surface area contributed by atoms with E-state index in [-0.39, 0.29) is 11.6 Å². The van der Waals surface area contributed by atoms with Crippen LogP contribution in [0.5, 0.6) is 0 Å². The van der Waals surface area contributed by atoms with Crippen LogP contribution in [0.4, 0.5) is 10.1 Å². The number of hydrogen-bond donors (Lipinski definition) is 1. The summed E-state index contributed by atoms with van der Waals surface area (Å²) in [6.07, 6.45) is 0.571. The van der Waals surface area contributed by atoms with Gasteiger partial charge < -0.3 is 5.32 Å². The first-order chi connectivity index (χ1) is 14.4. The Morgan fingerprint density at radius 2 is 1.90 bits per heavy atom. The number of rotatable bonds is 5. The van der Waals surface area contributed by atoms with Crippen molar-refractivity contribution in [3.8, 4) is 0 Å². The number of pyridine rings is 1. The summed E-state index contributed by atoms with van der Waals surface area (Å²) in [5, 5.41) is 12.8. The van der Waals surface area contributed by atoms with Crippen LogP contribution in [-0.4, -0.2) is 25.8 Å². The maximum Gasteiger partial charge on any atom is 0.238 e. The summed E-state index contributed by atoms with van der Waals surface area (Å²) >= 11 is 1.35. The molecule has 0 aliphatic rings. The summed E-state index contributed by atoms with van der Waals surface area (Å²) in [7, 11) is 0. The lowest BCUT2D eigenvalue weighted by Gasteiger charge is -2.15. The van der Waals surface area contributed by atoms with E-state index < -0.39 is 11.1 Å². The van der Waals surface area contributed by atoms with E-state index in [9.17, 15) is 9.18 Å². The van der Waals surface area contributed by atoms with Gasteiger partial charge in [-0.1, -0.05) is 42.4 Å². The molecule has 5 nitrogen and oxygen atoms in total. The fourth-order valence-corrected chi connectivity index (χ4v) is 4.68. The molecule has 7 heteroatoms. The van der Waals surface area contributed by atoms with Crippen LogP contribution >= 0.6 is 11.8 Å². The van der Waals surface area contributed by atoms with Crippen molar-refractivity contribution in [2.24, 2.45) is 0 Å². The highest BCUT2D eigenvalue weighted by Crippen LogP contribution is 2.31. The van der Waals surface area contributed by atoms with Crippen LogP contribution < -0.4 is 5.32 Å². The van der Waals surface area contributed by atoms with E-state index in [4.69, 9.17) is 0 Å². The van der Waals surface area contributed by atoms with Crippen LogP contribution in [0.25, 0.3) is 16.6 Å². The van der Waals surface area contributed by atoms with Gasteiger partial charge in [0, 0.05) is 5.39 Å². The van der Waals surface area contributed by atoms with Crippen molar-refractivity contribution < 1.29 is 9.18 Å².